The molecule has 0 spiro atoms. The van der Waals surface area contributed by atoms with Crippen LogP contribution in [0.15, 0.2) is 17.0 Å². The van der Waals surface area contributed by atoms with Gasteiger partial charge < -0.3 is 0 Å². The molecule has 0 bridgehead atoms. The average Bonchev–Trinajstić information content (AvgIpc) is 2.16. The first-order valence-corrected chi connectivity index (χ1v) is 4.39. The number of pyridine rings is 1. The van der Waals surface area contributed by atoms with Crippen molar-refractivity contribution in [3.63, 3.8) is 0 Å². The van der Waals surface area contributed by atoms with Gasteiger partial charge in [-0.1, -0.05) is 0 Å². The lowest BCUT2D eigenvalue weighted by Gasteiger charge is -1.97. The smallest absolute Gasteiger partial charge is 0.155 e. The molecule has 1 heterocycles. The predicted octanol–water partition coefficient (Wildman–Crippen LogP) is 1.55. The van der Waals surface area contributed by atoms with Gasteiger partial charge in [0.05, 0.1) is 0 Å². The average molecular weight is 175 g/mol. The Morgan fingerprint density at radius 1 is 1.33 bits per heavy atom. The molecular formula is C8H5N3S. The third kappa shape index (κ3) is 1.55. The van der Waals surface area contributed by atoms with E-state index in [4.69, 9.17) is 10.5 Å². The molecule has 4 heteroatoms. The van der Waals surface area contributed by atoms with Gasteiger partial charge in [0.25, 0.3) is 0 Å². The second kappa shape index (κ2) is 3.75. The van der Waals surface area contributed by atoms with E-state index in [9.17, 15) is 0 Å². The van der Waals surface area contributed by atoms with E-state index >= 15 is 0 Å². The van der Waals surface area contributed by atoms with E-state index in [1.807, 2.05) is 18.4 Å². The Labute approximate surface area is 74.7 Å². The fourth-order valence-electron chi connectivity index (χ4n) is 0.753. The van der Waals surface area contributed by atoms with Crippen LogP contribution in [0.2, 0.25) is 0 Å². The van der Waals surface area contributed by atoms with E-state index in [2.05, 4.69) is 4.98 Å². The van der Waals surface area contributed by atoms with Gasteiger partial charge in [-0.2, -0.15) is 10.5 Å². The van der Waals surface area contributed by atoms with Crippen LogP contribution in [-0.4, -0.2) is 11.2 Å². The Hall–Kier alpha value is -1.52. The van der Waals surface area contributed by atoms with E-state index in [1.54, 1.807) is 12.1 Å². The summed E-state index contributed by atoms with van der Waals surface area (Å²) in [6, 6.07) is 7.15. The van der Waals surface area contributed by atoms with Crippen LogP contribution in [0.5, 0.6) is 0 Å². The van der Waals surface area contributed by atoms with Gasteiger partial charge in [-0.15, -0.1) is 11.8 Å². The summed E-state index contributed by atoms with van der Waals surface area (Å²) in [5.74, 6) is 0. The molecule has 1 aromatic rings. The minimum absolute atomic E-state index is 0.282. The summed E-state index contributed by atoms with van der Waals surface area (Å²) in [5.41, 5.74) is 0.603. The van der Waals surface area contributed by atoms with Crippen LogP contribution < -0.4 is 0 Å². The first-order valence-electron chi connectivity index (χ1n) is 3.17. The molecule has 58 valence electrons. The highest BCUT2D eigenvalue weighted by molar-refractivity contribution is 7.98. The molecule has 0 aliphatic heterocycles. The van der Waals surface area contributed by atoms with Crippen molar-refractivity contribution >= 4 is 11.8 Å². The van der Waals surface area contributed by atoms with Crippen LogP contribution in [0.4, 0.5) is 0 Å². The van der Waals surface area contributed by atoms with Gasteiger partial charge in [0.2, 0.25) is 0 Å². The van der Waals surface area contributed by atoms with E-state index in [0.29, 0.717) is 5.69 Å². The zero-order chi connectivity index (χ0) is 8.97. The Morgan fingerprint density at radius 3 is 2.58 bits per heavy atom. The second-order valence-electron chi connectivity index (χ2n) is 1.97. The molecule has 0 amide bonds. The van der Waals surface area contributed by atoms with Crippen LogP contribution in [0.25, 0.3) is 0 Å². The van der Waals surface area contributed by atoms with Gasteiger partial charge in [-0.05, 0) is 18.4 Å². The SMILES string of the molecule is CSc1ccc(C#N)nc1C#N. The standard InChI is InChI=1S/C8H5N3S/c1-12-8-3-2-6(4-9)11-7(8)5-10/h2-3H,1H3. The molecule has 0 radical (unpaired) electrons. The fourth-order valence-corrected chi connectivity index (χ4v) is 1.24. The first-order chi connectivity index (χ1) is 5.81. The van der Waals surface area contributed by atoms with Crippen molar-refractivity contribution in [2.75, 3.05) is 6.26 Å². The fraction of sp³-hybridized carbons (Fsp3) is 0.125. The Balaban J connectivity index is 3.24. The number of nitriles is 2. The highest BCUT2D eigenvalue weighted by Gasteiger charge is 2.02. The van der Waals surface area contributed by atoms with Crippen molar-refractivity contribution in [2.45, 2.75) is 4.90 Å². The van der Waals surface area contributed by atoms with Crippen LogP contribution in [0, 0.1) is 22.7 Å². The summed E-state index contributed by atoms with van der Waals surface area (Å²) in [6.07, 6.45) is 1.86. The molecular weight excluding hydrogens is 170 g/mol. The molecule has 0 saturated heterocycles. The molecule has 0 saturated carbocycles. The number of hydrogen-bond acceptors (Lipinski definition) is 4. The van der Waals surface area contributed by atoms with E-state index in [-0.39, 0.29) is 5.69 Å². The van der Waals surface area contributed by atoms with Gasteiger partial charge in [-0.3, -0.25) is 0 Å². The quantitative estimate of drug-likeness (QED) is 0.607. The van der Waals surface area contributed by atoms with Crippen molar-refractivity contribution in [3.8, 4) is 12.1 Å². The minimum Gasteiger partial charge on any atom is -0.225 e. The lowest BCUT2D eigenvalue weighted by atomic mass is 10.3. The third-order valence-corrected chi connectivity index (χ3v) is 2.07. The molecule has 1 aromatic heterocycles. The van der Waals surface area contributed by atoms with E-state index < -0.39 is 0 Å². The summed E-state index contributed by atoms with van der Waals surface area (Å²) in [5, 5.41) is 17.1. The van der Waals surface area contributed by atoms with Gasteiger partial charge in [0.1, 0.15) is 17.8 Å². The van der Waals surface area contributed by atoms with Gasteiger partial charge in [0.15, 0.2) is 5.69 Å². The molecule has 0 aliphatic rings. The number of nitrogens with zero attached hydrogens (tertiary/aromatic N) is 3. The lowest BCUT2D eigenvalue weighted by molar-refractivity contribution is 1.15. The lowest BCUT2D eigenvalue weighted by Crippen LogP contribution is -1.89. The largest absolute Gasteiger partial charge is 0.225 e. The van der Waals surface area contributed by atoms with Crippen molar-refractivity contribution in [2.24, 2.45) is 0 Å². The number of aromatic nitrogens is 1. The topological polar surface area (TPSA) is 60.5 Å². The molecule has 0 N–H and O–H groups in total. The Kier molecular flexibility index (Phi) is 2.68. The maximum Gasteiger partial charge on any atom is 0.155 e. The summed E-state index contributed by atoms with van der Waals surface area (Å²) in [4.78, 5) is 4.64. The summed E-state index contributed by atoms with van der Waals surface area (Å²) >= 11 is 1.44. The first kappa shape index (κ1) is 8.58. The molecule has 0 aromatic carbocycles. The second-order valence-corrected chi connectivity index (χ2v) is 2.82. The van der Waals surface area contributed by atoms with Crippen LogP contribution in [0.3, 0.4) is 0 Å². The normalized spacial score (nSPS) is 8.58. The summed E-state index contributed by atoms with van der Waals surface area (Å²) in [7, 11) is 0. The van der Waals surface area contributed by atoms with Crippen LogP contribution in [-0.2, 0) is 0 Å². The number of hydrogen-bond donors (Lipinski definition) is 0. The highest BCUT2D eigenvalue weighted by Crippen LogP contribution is 2.17. The molecule has 0 aliphatic carbocycles. The molecule has 3 nitrogen and oxygen atoms in total. The molecule has 0 fully saturated rings. The zero-order valence-corrected chi connectivity index (χ0v) is 7.22. The maximum atomic E-state index is 8.63. The molecule has 12 heavy (non-hydrogen) atoms. The third-order valence-electron chi connectivity index (χ3n) is 1.30. The van der Waals surface area contributed by atoms with Crippen molar-refractivity contribution in [3.05, 3.63) is 23.5 Å². The molecule has 0 unspecified atom stereocenters. The minimum atomic E-state index is 0.282. The summed E-state index contributed by atoms with van der Waals surface area (Å²) in [6.45, 7) is 0. The van der Waals surface area contributed by atoms with Gasteiger partial charge in [0, 0.05) is 4.90 Å². The van der Waals surface area contributed by atoms with E-state index in [1.165, 1.54) is 11.8 Å². The van der Waals surface area contributed by atoms with Crippen molar-refractivity contribution in [1.29, 1.82) is 10.5 Å². The van der Waals surface area contributed by atoms with Gasteiger partial charge in [-0.25, -0.2) is 4.98 Å². The van der Waals surface area contributed by atoms with Crippen LogP contribution >= 0.6 is 11.8 Å². The summed E-state index contributed by atoms with van der Waals surface area (Å²) < 4.78 is 0. The highest BCUT2D eigenvalue weighted by atomic mass is 32.2. The Morgan fingerprint density at radius 2 is 2.08 bits per heavy atom. The molecule has 1 rings (SSSR count). The van der Waals surface area contributed by atoms with Crippen molar-refractivity contribution < 1.29 is 0 Å². The maximum absolute atomic E-state index is 8.63. The van der Waals surface area contributed by atoms with Crippen LogP contribution in [0.1, 0.15) is 11.4 Å². The Bertz CT molecular complexity index is 373. The predicted molar refractivity (Wildman–Crippen MR) is 45.4 cm³/mol. The zero-order valence-electron chi connectivity index (χ0n) is 6.40. The van der Waals surface area contributed by atoms with Crippen molar-refractivity contribution in [1.82, 2.24) is 4.98 Å². The number of thioether (sulfide) groups is 1. The number of rotatable bonds is 1. The monoisotopic (exact) mass is 175 g/mol. The van der Waals surface area contributed by atoms with Gasteiger partial charge >= 0.3 is 0 Å². The molecule has 0 atom stereocenters. The van der Waals surface area contributed by atoms with E-state index in [0.717, 1.165) is 4.90 Å².